The fourth-order valence-electron chi connectivity index (χ4n) is 3.04. The zero-order chi connectivity index (χ0) is 20.4. The molecule has 1 atom stereocenters. The lowest BCUT2D eigenvalue weighted by molar-refractivity contribution is 0.461. The van der Waals surface area contributed by atoms with Crippen molar-refractivity contribution in [3.63, 3.8) is 0 Å². The van der Waals surface area contributed by atoms with Gasteiger partial charge in [0.25, 0.3) is 0 Å². The van der Waals surface area contributed by atoms with E-state index in [9.17, 15) is 8.42 Å². The van der Waals surface area contributed by atoms with E-state index in [0.717, 1.165) is 11.3 Å². The third kappa shape index (κ3) is 3.97. The highest BCUT2D eigenvalue weighted by molar-refractivity contribution is 7.90. The Bertz CT molecular complexity index is 1220. The molecule has 148 valence electrons. The molecule has 4 aromatic rings. The molecule has 0 amide bonds. The van der Waals surface area contributed by atoms with Gasteiger partial charge in [-0.2, -0.15) is 5.10 Å². The molecule has 0 fully saturated rings. The van der Waals surface area contributed by atoms with Crippen LogP contribution in [0.4, 0.5) is 0 Å². The first kappa shape index (κ1) is 19.1. The fraction of sp³-hybridized carbons (Fsp3) is 0.190. The average Bonchev–Trinajstić information content (AvgIpc) is 3.35. The molecule has 2 aromatic heterocycles. The first-order chi connectivity index (χ1) is 13.9. The molecule has 0 spiro atoms. The van der Waals surface area contributed by atoms with Crippen LogP contribution in [-0.2, 0) is 15.6 Å². The molecule has 0 N–H and O–H groups in total. The number of rotatable bonds is 6. The van der Waals surface area contributed by atoms with Crippen LogP contribution >= 0.6 is 0 Å². The van der Waals surface area contributed by atoms with Crippen LogP contribution in [0.15, 0.2) is 71.3 Å². The van der Waals surface area contributed by atoms with Crippen molar-refractivity contribution in [2.75, 3.05) is 0 Å². The van der Waals surface area contributed by atoms with Gasteiger partial charge < -0.3 is 4.42 Å². The predicted molar refractivity (Wildman–Crippen MR) is 109 cm³/mol. The average molecular weight is 408 g/mol. The van der Waals surface area contributed by atoms with Crippen molar-refractivity contribution in [1.29, 1.82) is 0 Å². The summed E-state index contributed by atoms with van der Waals surface area (Å²) < 4.78 is 33.2. The quantitative estimate of drug-likeness (QED) is 0.480. The van der Waals surface area contributed by atoms with Crippen molar-refractivity contribution in [2.45, 2.75) is 24.9 Å². The summed E-state index contributed by atoms with van der Waals surface area (Å²) >= 11 is 0. The van der Waals surface area contributed by atoms with E-state index in [4.69, 9.17) is 4.42 Å². The van der Waals surface area contributed by atoms with Crippen molar-refractivity contribution in [3.05, 3.63) is 84.2 Å². The highest BCUT2D eigenvalue weighted by Gasteiger charge is 2.29. The summed E-state index contributed by atoms with van der Waals surface area (Å²) in [5.41, 5.74) is 2.96. The van der Waals surface area contributed by atoms with Crippen LogP contribution in [0.3, 0.4) is 0 Å². The Morgan fingerprint density at radius 3 is 2.28 bits per heavy atom. The molecule has 0 radical (unpaired) electrons. The van der Waals surface area contributed by atoms with Gasteiger partial charge in [-0.05, 0) is 19.1 Å². The van der Waals surface area contributed by atoms with E-state index in [-0.39, 0.29) is 11.6 Å². The third-order valence-corrected chi connectivity index (χ3v) is 6.64. The van der Waals surface area contributed by atoms with Crippen LogP contribution in [0.1, 0.15) is 29.5 Å². The number of hydrogen-bond donors (Lipinski definition) is 0. The maximum absolute atomic E-state index is 13.1. The molecule has 8 heteroatoms. The second-order valence-corrected chi connectivity index (χ2v) is 9.08. The van der Waals surface area contributed by atoms with E-state index in [1.165, 1.54) is 0 Å². The van der Waals surface area contributed by atoms with E-state index in [1.54, 1.807) is 24.7 Å². The summed E-state index contributed by atoms with van der Waals surface area (Å²) in [6, 6.07) is 19.1. The van der Waals surface area contributed by atoms with Crippen molar-refractivity contribution in [3.8, 4) is 16.9 Å². The molecular formula is C21H20N4O3S. The van der Waals surface area contributed by atoms with Gasteiger partial charge in [0.1, 0.15) is 5.25 Å². The minimum Gasteiger partial charge on any atom is -0.424 e. The molecule has 4 rings (SSSR count). The maximum atomic E-state index is 13.1. The summed E-state index contributed by atoms with van der Waals surface area (Å²) in [6.45, 7) is 3.19. The Balaban J connectivity index is 1.75. The van der Waals surface area contributed by atoms with E-state index in [1.807, 2.05) is 60.7 Å². The Hall–Kier alpha value is -3.26. The van der Waals surface area contributed by atoms with E-state index in [2.05, 4.69) is 15.3 Å². The Kier molecular flexibility index (Phi) is 5.02. The molecule has 0 saturated carbocycles. The highest BCUT2D eigenvalue weighted by atomic mass is 32.2. The molecule has 0 saturated heterocycles. The van der Waals surface area contributed by atoms with Gasteiger partial charge in [-0.1, -0.05) is 48.5 Å². The van der Waals surface area contributed by atoms with Crippen LogP contribution < -0.4 is 0 Å². The second kappa shape index (κ2) is 7.63. The summed E-state index contributed by atoms with van der Waals surface area (Å²) in [4.78, 5) is 0. The smallest absolute Gasteiger partial charge is 0.234 e. The molecular weight excluding hydrogens is 388 g/mol. The van der Waals surface area contributed by atoms with E-state index in [0.29, 0.717) is 17.1 Å². The standard InChI is InChI=1S/C21H20N4O3S/c1-15(21-23-22-16(2)28-21)29(26,27)14-18-13-25(19-11-7-4-8-12-19)24-20(18)17-9-5-3-6-10-17/h3-13,15H,14H2,1-2H3. The highest BCUT2D eigenvalue weighted by Crippen LogP contribution is 2.29. The van der Waals surface area contributed by atoms with Crippen LogP contribution in [0.2, 0.25) is 0 Å². The number of hydrogen-bond acceptors (Lipinski definition) is 6. The molecule has 0 aliphatic heterocycles. The molecule has 1 unspecified atom stereocenters. The fourth-order valence-corrected chi connectivity index (χ4v) is 4.34. The first-order valence-corrected chi connectivity index (χ1v) is 10.9. The van der Waals surface area contributed by atoms with Crippen molar-refractivity contribution < 1.29 is 12.8 Å². The minimum atomic E-state index is -3.60. The molecule has 2 aromatic carbocycles. The predicted octanol–water partition coefficient (Wildman–Crippen LogP) is 3.91. The lowest BCUT2D eigenvalue weighted by Gasteiger charge is -2.09. The first-order valence-electron chi connectivity index (χ1n) is 9.15. The Morgan fingerprint density at radius 2 is 1.66 bits per heavy atom. The van der Waals surface area contributed by atoms with Gasteiger partial charge in [0.2, 0.25) is 11.8 Å². The number of sulfone groups is 1. The maximum Gasteiger partial charge on any atom is 0.234 e. The van der Waals surface area contributed by atoms with Crippen molar-refractivity contribution in [1.82, 2.24) is 20.0 Å². The number of benzene rings is 2. The normalized spacial score (nSPS) is 12.8. The monoisotopic (exact) mass is 408 g/mol. The largest absolute Gasteiger partial charge is 0.424 e. The van der Waals surface area contributed by atoms with Gasteiger partial charge in [0, 0.05) is 24.2 Å². The van der Waals surface area contributed by atoms with Crippen LogP contribution in [0.5, 0.6) is 0 Å². The van der Waals surface area contributed by atoms with Gasteiger partial charge in [-0.25, -0.2) is 13.1 Å². The van der Waals surface area contributed by atoms with E-state index >= 15 is 0 Å². The molecule has 2 heterocycles. The zero-order valence-corrected chi connectivity index (χ0v) is 16.9. The molecule has 29 heavy (non-hydrogen) atoms. The van der Waals surface area contributed by atoms with Gasteiger partial charge in [0.15, 0.2) is 9.84 Å². The molecule has 0 aliphatic rings. The molecule has 0 aliphatic carbocycles. The summed E-state index contributed by atoms with van der Waals surface area (Å²) in [5.74, 6) is 0.246. The van der Waals surface area contributed by atoms with Crippen LogP contribution in [0.25, 0.3) is 16.9 Å². The minimum absolute atomic E-state index is 0.0965. The molecule has 7 nitrogen and oxygen atoms in total. The number of aryl methyl sites for hydroxylation is 1. The van der Waals surface area contributed by atoms with Gasteiger partial charge >= 0.3 is 0 Å². The van der Waals surface area contributed by atoms with Crippen molar-refractivity contribution in [2.24, 2.45) is 0 Å². The third-order valence-electron chi connectivity index (χ3n) is 4.64. The van der Waals surface area contributed by atoms with Gasteiger partial charge in [0.05, 0.1) is 17.1 Å². The van der Waals surface area contributed by atoms with Crippen LogP contribution in [-0.4, -0.2) is 28.4 Å². The van der Waals surface area contributed by atoms with Crippen molar-refractivity contribution >= 4 is 9.84 Å². The number of nitrogens with zero attached hydrogens (tertiary/aromatic N) is 4. The SMILES string of the molecule is Cc1nnc(C(C)S(=O)(=O)Cc2cn(-c3ccccc3)nc2-c2ccccc2)o1. The summed E-state index contributed by atoms with van der Waals surface area (Å²) in [6.07, 6.45) is 1.76. The molecule has 0 bridgehead atoms. The Labute approximate surface area is 168 Å². The topological polar surface area (TPSA) is 90.9 Å². The Morgan fingerprint density at radius 1 is 1.00 bits per heavy atom. The lowest BCUT2D eigenvalue weighted by atomic mass is 10.1. The van der Waals surface area contributed by atoms with Gasteiger partial charge in [-0.3, -0.25) is 0 Å². The lowest BCUT2D eigenvalue weighted by Crippen LogP contribution is -2.13. The summed E-state index contributed by atoms with van der Waals surface area (Å²) in [7, 11) is -3.60. The second-order valence-electron chi connectivity index (χ2n) is 6.76. The number of para-hydroxylation sites is 1. The van der Waals surface area contributed by atoms with Gasteiger partial charge in [-0.15, -0.1) is 10.2 Å². The zero-order valence-electron chi connectivity index (χ0n) is 16.1. The van der Waals surface area contributed by atoms with E-state index < -0.39 is 15.1 Å². The summed E-state index contributed by atoms with van der Waals surface area (Å²) in [5, 5.41) is 11.4. The van der Waals surface area contributed by atoms with Crippen LogP contribution in [0, 0.1) is 6.92 Å². The number of aromatic nitrogens is 4.